The van der Waals surface area contributed by atoms with Crippen molar-refractivity contribution < 1.29 is 24.2 Å². The van der Waals surface area contributed by atoms with E-state index < -0.39 is 17.8 Å². The number of hydrogen-bond acceptors (Lipinski definition) is 5. The van der Waals surface area contributed by atoms with Crippen LogP contribution in [0.1, 0.15) is 5.56 Å². The molecule has 0 aromatic heterocycles. The maximum Gasteiger partial charge on any atom is 0.335 e. The van der Waals surface area contributed by atoms with Crippen molar-refractivity contribution in [3.63, 3.8) is 0 Å². The van der Waals surface area contributed by atoms with Crippen molar-refractivity contribution in [1.82, 2.24) is 5.32 Å². The fourth-order valence-electron chi connectivity index (χ4n) is 2.45. The van der Waals surface area contributed by atoms with Crippen LogP contribution in [0.15, 0.2) is 48.0 Å². The molecular weight excluding hydrogens is 360 g/mol. The molecule has 26 heavy (non-hydrogen) atoms. The second kappa shape index (κ2) is 6.89. The van der Waals surface area contributed by atoms with Crippen molar-refractivity contribution in [2.24, 2.45) is 0 Å². The number of hydrogen-bond donors (Lipinski definition) is 2. The van der Waals surface area contributed by atoms with Gasteiger partial charge in [-0.25, -0.2) is 9.69 Å². The molecule has 0 bridgehead atoms. The van der Waals surface area contributed by atoms with Crippen molar-refractivity contribution in [1.29, 1.82) is 0 Å². The Hall–Kier alpha value is -3.32. The zero-order valence-electron chi connectivity index (χ0n) is 13.5. The number of carbonyl (C=O) groups is 3. The molecule has 1 aliphatic rings. The van der Waals surface area contributed by atoms with Gasteiger partial charge in [0, 0.05) is 5.02 Å². The van der Waals surface area contributed by atoms with Gasteiger partial charge in [-0.3, -0.25) is 14.9 Å². The number of barbiturate groups is 1. The van der Waals surface area contributed by atoms with E-state index in [1.807, 2.05) is 0 Å². The van der Waals surface area contributed by atoms with E-state index >= 15 is 0 Å². The Kier molecular flexibility index (Phi) is 4.64. The predicted octanol–water partition coefficient (Wildman–Crippen LogP) is 2.72. The number of phenolic OH excluding ortho intramolecular Hbond substituents is 1. The summed E-state index contributed by atoms with van der Waals surface area (Å²) < 4.78 is 4.95. The summed E-state index contributed by atoms with van der Waals surface area (Å²) in [5, 5.41) is 12.4. The number of ether oxygens (including phenoxy) is 1. The smallest absolute Gasteiger partial charge is 0.335 e. The van der Waals surface area contributed by atoms with Gasteiger partial charge in [0.2, 0.25) is 0 Å². The number of aromatic hydroxyl groups is 1. The molecule has 1 heterocycles. The Morgan fingerprint density at radius 1 is 1.12 bits per heavy atom. The number of phenols is 1. The van der Waals surface area contributed by atoms with Gasteiger partial charge in [0.05, 0.1) is 12.8 Å². The molecule has 0 saturated carbocycles. The normalized spacial score (nSPS) is 16.0. The average molecular weight is 373 g/mol. The largest absolute Gasteiger partial charge is 0.504 e. The van der Waals surface area contributed by atoms with Crippen molar-refractivity contribution in [2.45, 2.75) is 0 Å². The second-order valence-corrected chi connectivity index (χ2v) is 5.80. The van der Waals surface area contributed by atoms with Crippen LogP contribution in [0.5, 0.6) is 11.5 Å². The first-order valence-electron chi connectivity index (χ1n) is 7.44. The number of carbonyl (C=O) groups excluding carboxylic acids is 3. The van der Waals surface area contributed by atoms with Gasteiger partial charge in [-0.05, 0) is 48.0 Å². The molecule has 2 aromatic rings. The van der Waals surface area contributed by atoms with Gasteiger partial charge in [-0.2, -0.15) is 0 Å². The Morgan fingerprint density at radius 2 is 1.81 bits per heavy atom. The topological polar surface area (TPSA) is 95.9 Å². The van der Waals surface area contributed by atoms with Gasteiger partial charge in [0.1, 0.15) is 5.57 Å². The van der Waals surface area contributed by atoms with Crippen molar-refractivity contribution in [2.75, 3.05) is 12.0 Å². The Bertz CT molecular complexity index is 937. The summed E-state index contributed by atoms with van der Waals surface area (Å²) in [6.07, 6.45) is 1.28. The molecule has 7 nitrogen and oxygen atoms in total. The third-order valence-corrected chi connectivity index (χ3v) is 3.95. The molecule has 2 N–H and O–H groups in total. The molecular formula is C18H13ClN2O5. The second-order valence-electron chi connectivity index (χ2n) is 5.37. The fraction of sp³-hybridized carbons (Fsp3) is 0.0556. The Balaban J connectivity index is 1.99. The van der Waals surface area contributed by atoms with Crippen LogP contribution in [0.4, 0.5) is 10.5 Å². The van der Waals surface area contributed by atoms with Crippen molar-refractivity contribution in [3.05, 3.63) is 58.6 Å². The van der Waals surface area contributed by atoms with E-state index in [0.29, 0.717) is 10.6 Å². The zero-order valence-corrected chi connectivity index (χ0v) is 14.3. The minimum Gasteiger partial charge on any atom is -0.504 e. The minimum absolute atomic E-state index is 0.142. The summed E-state index contributed by atoms with van der Waals surface area (Å²) in [7, 11) is 1.40. The van der Waals surface area contributed by atoms with Crippen LogP contribution in [0.2, 0.25) is 5.02 Å². The van der Waals surface area contributed by atoms with Gasteiger partial charge in [0.15, 0.2) is 11.5 Å². The molecule has 0 aliphatic carbocycles. The van der Waals surface area contributed by atoms with E-state index in [2.05, 4.69) is 5.32 Å². The number of urea groups is 1. The number of imide groups is 2. The first-order chi connectivity index (χ1) is 12.4. The molecule has 1 aliphatic heterocycles. The van der Waals surface area contributed by atoms with Crippen molar-refractivity contribution >= 4 is 41.2 Å². The summed E-state index contributed by atoms with van der Waals surface area (Å²) in [5.74, 6) is -1.49. The Labute approximate surface area is 153 Å². The van der Waals surface area contributed by atoms with Gasteiger partial charge < -0.3 is 9.84 Å². The molecule has 0 radical (unpaired) electrons. The lowest BCUT2D eigenvalue weighted by atomic mass is 10.1. The van der Waals surface area contributed by atoms with E-state index in [9.17, 15) is 19.5 Å². The number of nitrogens with zero attached hydrogens (tertiary/aromatic N) is 1. The quantitative estimate of drug-likeness (QED) is 0.638. The van der Waals surface area contributed by atoms with Crippen molar-refractivity contribution in [3.8, 4) is 11.5 Å². The summed E-state index contributed by atoms with van der Waals surface area (Å²) in [4.78, 5) is 37.7. The molecule has 0 atom stereocenters. The van der Waals surface area contributed by atoms with Crippen LogP contribution in [0, 0.1) is 0 Å². The summed E-state index contributed by atoms with van der Waals surface area (Å²) in [6, 6.07) is 9.59. The number of rotatable bonds is 3. The van der Waals surface area contributed by atoms with Gasteiger partial charge in [-0.15, -0.1) is 0 Å². The average Bonchev–Trinajstić information content (AvgIpc) is 2.60. The zero-order chi connectivity index (χ0) is 18.8. The van der Waals surface area contributed by atoms with Crippen LogP contribution >= 0.6 is 11.6 Å². The lowest BCUT2D eigenvalue weighted by Crippen LogP contribution is -2.54. The highest BCUT2D eigenvalue weighted by molar-refractivity contribution is 6.39. The highest BCUT2D eigenvalue weighted by Crippen LogP contribution is 2.28. The van der Waals surface area contributed by atoms with E-state index in [1.165, 1.54) is 49.6 Å². The molecule has 0 unspecified atom stereocenters. The third-order valence-electron chi connectivity index (χ3n) is 3.70. The first kappa shape index (κ1) is 17.5. The Morgan fingerprint density at radius 3 is 2.42 bits per heavy atom. The van der Waals surface area contributed by atoms with Crippen LogP contribution in [0.25, 0.3) is 6.08 Å². The lowest BCUT2D eigenvalue weighted by molar-refractivity contribution is -0.122. The summed E-state index contributed by atoms with van der Waals surface area (Å²) in [5.41, 5.74) is 0.421. The summed E-state index contributed by atoms with van der Waals surface area (Å²) in [6.45, 7) is 0. The SMILES string of the molecule is COc1ccc(/C=C2\C(=O)NC(=O)N(c3ccc(Cl)cc3)C2=O)cc1O. The molecule has 2 aromatic carbocycles. The van der Waals surface area contributed by atoms with Gasteiger partial charge in [-0.1, -0.05) is 17.7 Å². The fourth-order valence-corrected chi connectivity index (χ4v) is 2.57. The maximum atomic E-state index is 12.7. The number of nitrogens with one attached hydrogen (secondary N) is 1. The number of methoxy groups -OCH3 is 1. The minimum atomic E-state index is -0.850. The standard InChI is InChI=1S/C18H13ClN2O5/c1-26-15-7-2-10(9-14(15)22)8-13-16(23)20-18(25)21(17(13)24)12-5-3-11(19)4-6-12/h2-9,22H,1H3,(H,20,23,25)/b13-8+. The van der Waals surface area contributed by atoms with Crippen LogP contribution in [-0.2, 0) is 9.59 Å². The number of benzene rings is 2. The van der Waals surface area contributed by atoms with E-state index in [0.717, 1.165) is 4.90 Å². The molecule has 1 fully saturated rings. The van der Waals surface area contributed by atoms with E-state index in [-0.39, 0.29) is 22.8 Å². The van der Waals surface area contributed by atoms with Crippen LogP contribution in [-0.4, -0.2) is 30.1 Å². The van der Waals surface area contributed by atoms with Crippen LogP contribution < -0.4 is 15.0 Å². The third kappa shape index (κ3) is 3.25. The monoisotopic (exact) mass is 372 g/mol. The lowest BCUT2D eigenvalue weighted by Gasteiger charge is -2.26. The predicted molar refractivity (Wildman–Crippen MR) is 95.1 cm³/mol. The molecule has 0 spiro atoms. The van der Waals surface area contributed by atoms with Gasteiger partial charge in [0.25, 0.3) is 11.8 Å². The molecule has 8 heteroatoms. The molecule has 4 amide bonds. The summed E-state index contributed by atoms with van der Waals surface area (Å²) >= 11 is 5.82. The highest BCUT2D eigenvalue weighted by Gasteiger charge is 2.36. The van der Waals surface area contributed by atoms with Crippen LogP contribution in [0.3, 0.4) is 0 Å². The number of anilines is 1. The maximum absolute atomic E-state index is 12.7. The molecule has 1 saturated heterocycles. The number of halogens is 1. The molecule has 3 rings (SSSR count). The molecule has 132 valence electrons. The highest BCUT2D eigenvalue weighted by atomic mass is 35.5. The number of amides is 4. The first-order valence-corrected chi connectivity index (χ1v) is 7.82. The van der Waals surface area contributed by atoms with E-state index in [1.54, 1.807) is 6.07 Å². The van der Waals surface area contributed by atoms with Gasteiger partial charge >= 0.3 is 6.03 Å². The van der Waals surface area contributed by atoms with E-state index in [4.69, 9.17) is 16.3 Å².